The molecule has 0 spiro atoms. The van der Waals surface area contributed by atoms with Crippen molar-refractivity contribution in [1.29, 1.82) is 0 Å². The van der Waals surface area contributed by atoms with Gasteiger partial charge in [-0.3, -0.25) is 9.09 Å². The zero-order valence-corrected chi connectivity index (χ0v) is 27.7. The molecule has 4 aromatic rings. The highest BCUT2D eigenvalue weighted by Gasteiger charge is 2.64. The minimum atomic E-state index is -3.98. The predicted octanol–water partition coefficient (Wildman–Crippen LogP) is 4.67. The van der Waals surface area contributed by atoms with Gasteiger partial charge in [0.2, 0.25) is 11.8 Å². The number of para-hydroxylation sites is 1. The van der Waals surface area contributed by atoms with Crippen LogP contribution in [-0.4, -0.2) is 75.9 Å². The number of aromatic nitrogens is 4. The number of imidazole rings is 1. The fourth-order valence-electron chi connectivity index (χ4n) is 5.61. The van der Waals surface area contributed by atoms with Crippen molar-refractivity contribution in [3.8, 4) is 11.6 Å². The van der Waals surface area contributed by atoms with Crippen LogP contribution in [0.5, 0.6) is 11.6 Å². The van der Waals surface area contributed by atoms with Crippen LogP contribution in [0.3, 0.4) is 0 Å². The van der Waals surface area contributed by atoms with Crippen LogP contribution in [0.2, 0.25) is 0 Å². The lowest BCUT2D eigenvalue weighted by Crippen LogP contribution is -2.46. The molecule has 14 nitrogen and oxygen atoms in total. The van der Waals surface area contributed by atoms with E-state index in [4.69, 9.17) is 38.5 Å². The Morgan fingerprint density at radius 1 is 1.11 bits per heavy atom. The highest BCUT2D eigenvalue weighted by molar-refractivity contribution is 7.52. The standard InChI is InChI=1S/C32H41N6O8P/c1-5-40-29-25-28(35-31(33)36-29)38(20-34-25)30-26-27(42-17-23-12-8-6-9-13-23)32(45-30,18-43-26)19-44-47(39,37-22(4)16-41-21(2)3)46-24-14-10-7-11-15-24/h6-15,20-22,26-27,30H,5,16-19H2,1-4H3,(H,37,39)(H2,33,35,36)/t22-,26-,27+,30-,32-,47?/m1/s1. The highest BCUT2D eigenvalue weighted by Crippen LogP contribution is 2.52. The van der Waals surface area contributed by atoms with Crippen molar-refractivity contribution in [1.82, 2.24) is 24.6 Å². The smallest absolute Gasteiger partial charge is 0.459 e. The molecule has 2 aliphatic heterocycles. The number of nitrogens with two attached hydrogens (primary N) is 1. The molecule has 0 radical (unpaired) electrons. The summed E-state index contributed by atoms with van der Waals surface area (Å²) in [6.07, 6.45) is -0.366. The molecule has 2 saturated heterocycles. The Kier molecular flexibility index (Phi) is 10.1. The Balaban J connectivity index is 1.30. The minimum Gasteiger partial charge on any atom is -0.476 e. The molecule has 4 heterocycles. The lowest BCUT2D eigenvalue weighted by Gasteiger charge is -2.33. The third kappa shape index (κ3) is 7.44. The van der Waals surface area contributed by atoms with Crippen LogP contribution in [0.15, 0.2) is 67.0 Å². The second-order valence-corrected chi connectivity index (χ2v) is 13.5. The third-order valence-corrected chi connectivity index (χ3v) is 9.39. The molecular weight excluding hydrogens is 627 g/mol. The molecule has 0 amide bonds. The maximum atomic E-state index is 14.4. The van der Waals surface area contributed by atoms with E-state index in [1.807, 2.05) is 64.1 Å². The SMILES string of the molecule is CCOc1nc(N)nc2c1ncn2[C@@H]1O[C@@]2(COP(=O)(N[C@H](C)COC(C)C)Oc3ccccc3)CO[C@@H]1[C@@H]2OCc1ccccc1. The van der Waals surface area contributed by atoms with E-state index in [-0.39, 0.29) is 43.8 Å². The van der Waals surface area contributed by atoms with E-state index in [0.717, 1.165) is 5.56 Å². The molecule has 0 saturated carbocycles. The second kappa shape index (κ2) is 14.2. The van der Waals surface area contributed by atoms with Gasteiger partial charge in [-0.25, -0.2) is 14.6 Å². The first-order valence-corrected chi connectivity index (χ1v) is 17.2. The molecule has 0 aliphatic carbocycles. The van der Waals surface area contributed by atoms with Gasteiger partial charge in [0.05, 0.1) is 45.5 Å². The monoisotopic (exact) mass is 668 g/mol. The molecule has 6 atom stereocenters. The van der Waals surface area contributed by atoms with Crippen molar-refractivity contribution in [2.45, 2.75) is 70.5 Å². The first-order valence-electron chi connectivity index (χ1n) is 15.6. The molecule has 3 N–H and O–H groups in total. The minimum absolute atomic E-state index is 0.00288. The zero-order chi connectivity index (χ0) is 33.0. The van der Waals surface area contributed by atoms with E-state index in [2.05, 4.69) is 20.0 Å². The van der Waals surface area contributed by atoms with Crippen molar-refractivity contribution >= 4 is 24.9 Å². The van der Waals surface area contributed by atoms with Crippen LogP contribution < -0.4 is 20.1 Å². The van der Waals surface area contributed by atoms with Crippen LogP contribution in [0.1, 0.15) is 39.5 Å². The van der Waals surface area contributed by atoms with Gasteiger partial charge >= 0.3 is 7.75 Å². The summed E-state index contributed by atoms with van der Waals surface area (Å²) < 4.78 is 59.3. The van der Waals surface area contributed by atoms with Gasteiger partial charge in [0.15, 0.2) is 17.4 Å². The van der Waals surface area contributed by atoms with E-state index in [0.29, 0.717) is 30.1 Å². The summed E-state index contributed by atoms with van der Waals surface area (Å²) >= 11 is 0. The summed E-state index contributed by atoms with van der Waals surface area (Å²) in [6, 6.07) is 18.3. The molecule has 47 heavy (non-hydrogen) atoms. The lowest BCUT2D eigenvalue weighted by molar-refractivity contribution is -0.184. The van der Waals surface area contributed by atoms with E-state index >= 15 is 0 Å². The van der Waals surface area contributed by atoms with E-state index in [1.54, 1.807) is 35.2 Å². The maximum absolute atomic E-state index is 14.4. The average molecular weight is 669 g/mol. The summed E-state index contributed by atoms with van der Waals surface area (Å²) in [5.41, 5.74) is 6.69. The van der Waals surface area contributed by atoms with Crippen molar-refractivity contribution in [2.75, 3.05) is 32.2 Å². The van der Waals surface area contributed by atoms with Gasteiger partial charge in [0, 0.05) is 6.04 Å². The number of anilines is 1. The van der Waals surface area contributed by atoms with Gasteiger partial charge < -0.3 is 33.9 Å². The first-order chi connectivity index (χ1) is 22.7. The zero-order valence-electron chi connectivity index (χ0n) is 26.9. The second-order valence-electron chi connectivity index (χ2n) is 11.8. The number of nitrogen functional groups attached to an aromatic ring is 1. The number of ether oxygens (including phenoxy) is 5. The molecule has 2 aromatic heterocycles. The fourth-order valence-corrected chi connectivity index (χ4v) is 7.19. The number of fused-ring (bicyclic) bond motifs is 3. The summed E-state index contributed by atoms with van der Waals surface area (Å²) in [4.78, 5) is 13.1. The number of hydrogen-bond donors (Lipinski definition) is 2. The van der Waals surface area contributed by atoms with Crippen LogP contribution in [0, 0.1) is 0 Å². The van der Waals surface area contributed by atoms with Crippen molar-refractivity contribution in [2.24, 2.45) is 0 Å². The lowest BCUT2D eigenvalue weighted by atomic mass is 10.00. The molecule has 15 heteroatoms. The van der Waals surface area contributed by atoms with Crippen molar-refractivity contribution < 1.29 is 37.3 Å². The van der Waals surface area contributed by atoms with Crippen LogP contribution in [0.25, 0.3) is 11.2 Å². The largest absolute Gasteiger partial charge is 0.476 e. The van der Waals surface area contributed by atoms with Crippen LogP contribution in [0.4, 0.5) is 5.95 Å². The van der Waals surface area contributed by atoms with Crippen molar-refractivity contribution in [3.05, 3.63) is 72.6 Å². The number of nitrogens with zero attached hydrogens (tertiary/aromatic N) is 4. The Morgan fingerprint density at radius 2 is 1.85 bits per heavy atom. The van der Waals surface area contributed by atoms with E-state index in [1.165, 1.54) is 0 Å². The first kappa shape index (κ1) is 33.3. The number of benzene rings is 2. The van der Waals surface area contributed by atoms with Crippen molar-refractivity contribution in [3.63, 3.8) is 0 Å². The summed E-state index contributed by atoms with van der Waals surface area (Å²) in [5, 5.41) is 3.03. The quantitative estimate of drug-likeness (QED) is 0.159. The molecule has 252 valence electrons. The van der Waals surface area contributed by atoms with Crippen LogP contribution >= 0.6 is 7.75 Å². The van der Waals surface area contributed by atoms with Gasteiger partial charge in [-0.15, -0.1) is 0 Å². The van der Waals surface area contributed by atoms with Gasteiger partial charge in [0.25, 0.3) is 0 Å². The number of rotatable bonds is 16. The Labute approximate surface area is 273 Å². The van der Waals surface area contributed by atoms with Gasteiger partial charge in [-0.1, -0.05) is 48.5 Å². The predicted molar refractivity (Wildman–Crippen MR) is 173 cm³/mol. The highest BCUT2D eigenvalue weighted by atomic mass is 31.2. The van der Waals surface area contributed by atoms with Gasteiger partial charge in [-0.05, 0) is 45.4 Å². The molecule has 1 unspecified atom stereocenters. The molecule has 2 aromatic carbocycles. The van der Waals surface area contributed by atoms with E-state index < -0.39 is 31.8 Å². The molecule has 2 fully saturated rings. The molecule has 6 rings (SSSR count). The Morgan fingerprint density at radius 3 is 2.57 bits per heavy atom. The van der Waals surface area contributed by atoms with Gasteiger partial charge in [0.1, 0.15) is 23.6 Å². The van der Waals surface area contributed by atoms with E-state index in [9.17, 15) is 4.57 Å². The molecule has 2 bridgehead atoms. The summed E-state index contributed by atoms with van der Waals surface area (Å²) in [5.74, 6) is 0.684. The number of nitrogens with one attached hydrogen (secondary N) is 1. The summed E-state index contributed by atoms with van der Waals surface area (Å²) in [6.45, 7) is 8.47. The average Bonchev–Trinajstić information content (AvgIpc) is 3.73. The number of hydrogen-bond acceptors (Lipinski definition) is 12. The Hall–Kier alpha value is -3.62. The van der Waals surface area contributed by atoms with Crippen LogP contribution in [-0.2, 0) is 34.6 Å². The normalized spacial score (nSPS) is 24.1. The fraction of sp³-hybridized carbons (Fsp3) is 0.469. The Bertz CT molecular complexity index is 1680. The van der Waals surface area contributed by atoms with Gasteiger partial charge in [-0.2, -0.15) is 9.97 Å². The topological polar surface area (TPSA) is 163 Å². The molecule has 2 aliphatic rings. The summed E-state index contributed by atoms with van der Waals surface area (Å²) in [7, 11) is -3.98. The molecular formula is C32H41N6O8P. The third-order valence-electron chi connectivity index (χ3n) is 7.71. The maximum Gasteiger partial charge on any atom is 0.459 e.